The summed E-state index contributed by atoms with van der Waals surface area (Å²) in [4.78, 5) is 14.9. The van der Waals surface area contributed by atoms with Crippen LogP contribution in [0.2, 0.25) is 0 Å². The monoisotopic (exact) mass is 317 g/mol. The molecule has 0 spiro atoms. The van der Waals surface area contributed by atoms with Crippen LogP contribution in [0.25, 0.3) is 0 Å². The van der Waals surface area contributed by atoms with Crippen LogP contribution in [0.4, 0.5) is 0 Å². The zero-order chi connectivity index (χ0) is 16.1. The largest absolute Gasteiger partial charge is 0.391 e. The summed E-state index contributed by atoms with van der Waals surface area (Å²) in [5, 5.41) is 16.0. The Morgan fingerprint density at radius 1 is 1.26 bits per heavy atom. The van der Waals surface area contributed by atoms with E-state index in [1.807, 2.05) is 18.2 Å². The fourth-order valence-corrected chi connectivity index (χ4v) is 3.57. The number of aliphatic hydroxyl groups is 1. The second-order valence-electron chi connectivity index (χ2n) is 6.70. The molecular formula is C18H27N3O2. The van der Waals surface area contributed by atoms with Gasteiger partial charge in [0.2, 0.25) is 5.91 Å². The Kier molecular flexibility index (Phi) is 5.65. The number of hydrogen-bond donors (Lipinski definition) is 3. The summed E-state index contributed by atoms with van der Waals surface area (Å²) in [6, 6.07) is 10.3. The molecule has 5 nitrogen and oxygen atoms in total. The van der Waals surface area contributed by atoms with E-state index < -0.39 is 0 Å². The Morgan fingerprint density at radius 2 is 2.09 bits per heavy atom. The molecule has 23 heavy (non-hydrogen) atoms. The van der Waals surface area contributed by atoms with Crippen molar-refractivity contribution in [2.24, 2.45) is 5.92 Å². The van der Waals surface area contributed by atoms with Gasteiger partial charge in [0.25, 0.3) is 0 Å². The van der Waals surface area contributed by atoms with E-state index in [2.05, 4.69) is 27.7 Å². The zero-order valence-corrected chi connectivity index (χ0v) is 13.6. The molecule has 3 atom stereocenters. The van der Waals surface area contributed by atoms with Gasteiger partial charge < -0.3 is 15.7 Å². The van der Waals surface area contributed by atoms with Gasteiger partial charge >= 0.3 is 0 Å². The maximum atomic E-state index is 12.6. The first-order valence-electron chi connectivity index (χ1n) is 8.68. The lowest BCUT2D eigenvalue weighted by Gasteiger charge is -2.35. The maximum absolute atomic E-state index is 12.6. The fourth-order valence-electron chi connectivity index (χ4n) is 3.57. The number of nitrogens with one attached hydrogen (secondary N) is 2. The van der Waals surface area contributed by atoms with E-state index in [1.165, 1.54) is 5.56 Å². The highest BCUT2D eigenvalue weighted by Gasteiger charge is 2.30. The molecule has 3 unspecified atom stereocenters. The Balaban J connectivity index is 1.55. The van der Waals surface area contributed by atoms with Crippen molar-refractivity contribution < 1.29 is 9.90 Å². The first-order chi connectivity index (χ1) is 11.2. The SMILES string of the molecule is O=C(NCC1CNCC1O)C1CCCCN1Cc1ccccc1. The normalized spacial score (nSPS) is 28.7. The minimum atomic E-state index is -0.345. The summed E-state index contributed by atoms with van der Waals surface area (Å²) in [7, 11) is 0. The third-order valence-corrected chi connectivity index (χ3v) is 4.99. The van der Waals surface area contributed by atoms with Gasteiger partial charge in [0.15, 0.2) is 0 Å². The predicted molar refractivity (Wildman–Crippen MR) is 89.9 cm³/mol. The van der Waals surface area contributed by atoms with Gasteiger partial charge in [-0.1, -0.05) is 36.8 Å². The molecule has 0 saturated carbocycles. The van der Waals surface area contributed by atoms with Crippen LogP contribution in [-0.4, -0.2) is 54.2 Å². The summed E-state index contributed by atoms with van der Waals surface area (Å²) in [6.07, 6.45) is 2.84. The minimum Gasteiger partial charge on any atom is -0.391 e. The summed E-state index contributed by atoms with van der Waals surface area (Å²) < 4.78 is 0. The number of hydrogen-bond acceptors (Lipinski definition) is 4. The van der Waals surface area contributed by atoms with Crippen LogP contribution in [0.3, 0.4) is 0 Å². The van der Waals surface area contributed by atoms with Crippen molar-refractivity contribution in [1.29, 1.82) is 0 Å². The molecule has 5 heteroatoms. The highest BCUT2D eigenvalue weighted by molar-refractivity contribution is 5.81. The average Bonchev–Trinajstić information content (AvgIpc) is 2.99. The molecule has 2 aliphatic heterocycles. The number of benzene rings is 1. The predicted octanol–water partition coefficient (Wildman–Crippen LogP) is 0.738. The Labute approximate surface area is 138 Å². The van der Waals surface area contributed by atoms with Crippen molar-refractivity contribution in [3.05, 3.63) is 35.9 Å². The van der Waals surface area contributed by atoms with Gasteiger partial charge in [0, 0.05) is 32.1 Å². The first-order valence-corrected chi connectivity index (χ1v) is 8.68. The second-order valence-corrected chi connectivity index (χ2v) is 6.70. The van der Waals surface area contributed by atoms with Gasteiger partial charge in [-0.3, -0.25) is 9.69 Å². The van der Waals surface area contributed by atoms with E-state index in [9.17, 15) is 9.90 Å². The number of nitrogens with zero attached hydrogens (tertiary/aromatic N) is 1. The van der Waals surface area contributed by atoms with Crippen LogP contribution in [0.15, 0.2) is 30.3 Å². The molecule has 1 amide bonds. The highest BCUT2D eigenvalue weighted by Crippen LogP contribution is 2.20. The van der Waals surface area contributed by atoms with Crippen molar-refractivity contribution >= 4 is 5.91 Å². The standard InChI is InChI=1S/C18H27N3O2/c22-17-12-19-10-15(17)11-20-18(23)16-8-4-5-9-21(16)13-14-6-2-1-3-7-14/h1-3,6-7,15-17,19,22H,4-5,8-13H2,(H,20,23). The van der Waals surface area contributed by atoms with Gasteiger partial charge in [-0.2, -0.15) is 0 Å². The van der Waals surface area contributed by atoms with E-state index in [4.69, 9.17) is 0 Å². The highest BCUT2D eigenvalue weighted by atomic mass is 16.3. The topological polar surface area (TPSA) is 64.6 Å². The van der Waals surface area contributed by atoms with Crippen LogP contribution in [0, 0.1) is 5.92 Å². The molecule has 1 aromatic carbocycles. The molecule has 0 bridgehead atoms. The van der Waals surface area contributed by atoms with E-state index in [-0.39, 0.29) is 24.0 Å². The van der Waals surface area contributed by atoms with Crippen LogP contribution in [-0.2, 0) is 11.3 Å². The number of carbonyl (C=O) groups is 1. The zero-order valence-electron chi connectivity index (χ0n) is 13.6. The van der Waals surface area contributed by atoms with Crippen molar-refractivity contribution in [2.75, 3.05) is 26.2 Å². The van der Waals surface area contributed by atoms with Gasteiger partial charge in [-0.05, 0) is 24.9 Å². The molecular weight excluding hydrogens is 290 g/mol. The number of aliphatic hydroxyl groups excluding tert-OH is 1. The fraction of sp³-hybridized carbons (Fsp3) is 0.611. The lowest BCUT2D eigenvalue weighted by Crippen LogP contribution is -2.50. The quantitative estimate of drug-likeness (QED) is 0.749. The molecule has 126 valence electrons. The van der Waals surface area contributed by atoms with Gasteiger partial charge in [0.05, 0.1) is 12.1 Å². The van der Waals surface area contributed by atoms with Crippen molar-refractivity contribution in [2.45, 2.75) is 38.0 Å². The van der Waals surface area contributed by atoms with Crippen LogP contribution < -0.4 is 10.6 Å². The molecule has 2 aliphatic rings. The van der Waals surface area contributed by atoms with Gasteiger partial charge in [0.1, 0.15) is 0 Å². The van der Waals surface area contributed by atoms with Crippen LogP contribution >= 0.6 is 0 Å². The lowest BCUT2D eigenvalue weighted by atomic mass is 9.99. The molecule has 0 radical (unpaired) electrons. The summed E-state index contributed by atoms with van der Waals surface area (Å²) in [6.45, 7) is 3.76. The molecule has 0 aliphatic carbocycles. The molecule has 2 fully saturated rings. The summed E-state index contributed by atoms with van der Waals surface area (Å²) >= 11 is 0. The summed E-state index contributed by atoms with van der Waals surface area (Å²) in [5.74, 6) is 0.241. The summed E-state index contributed by atoms with van der Waals surface area (Å²) in [5.41, 5.74) is 1.25. The van der Waals surface area contributed by atoms with Crippen LogP contribution in [0.5, 0.6) is 0 Å². The van der Waals surface area contributed by atoms with Crippen molar-refractivity contribution in [3.63, 3.8) is 0 Å². The first kappa shape index (κ1) is 16.4. The number of rotatable bonds is 5. The number of piperidine rings is 1. The molecule has 2 saturated heterocycles. The Hall–Kier alpha value is -1.43. The maximum Gasteiger partial charge on any atom is 0.237 e. The van der Waals surface area contributed by atoms with Crippen molar-refractivity contribution in [1.82, 2.24) is 15.5 Å². The third-order valence-electron chi connectivity index (χ3n) is 4.99. The van der Waals surface area contributed by atoms with E-state index in [0.29, 0.717) is 13.1 Å². The Bertz CT molecular complexity index is 508. The minimum absolute atomic E-state index is 0.0459. The second kappa shape index (κ2) is 7.90. The van der Waals surface area contributed by atoms with Crippen LogP contribution in [0.1, 0.15) is 24.8 Å². The number of carbonyl (C=O) groups excluding carboxylic acids is 1. The van der Waals surface area contributed by atoms with Crippen molar-refractivity contribution in [3.8, 4) is 0 Å². The average molecular weight is 317 g/mol. The van der Waals surface area contributed by atoms with E-state index in [1.54, 1.807) is 0 Å². The third kappa shape index (κ3) is 4.31. The van der Waals surface area contributed by atoms with Gasteiger partial charge in [-0.25, -0.2) is 0 Å². The number of β-amino-alcohol motifs (C(OH)–C–C–N with tert-alkyl or cyclic N) is 1. The number of likely N-dealkylation sites (tertiary alicyclic amines) is 1. The number of amides is 1. The van der Waals surface area contributed by atoms with Gasteiger partial charge in [-0.15, -0.1) is 0 Å². The smallest absolute Gasteiger partial charge is 0.237 e. The molecule has 2 heterocycles. The molecule has 1 aromatic rings. The molecule has 3 N–H and O–H groups in total. The Morgan fingerprint density at radius 3 is 2.83 bits per heavy atom. The van der Waals surface area contributed by atoms with E-state index in [0.717, 1.165) is 38.9 Å². The lowest BCUT2D eigenvalue weighted by molar-refractivity contribution is -0.128. The van der Waals surface area contributed by atoms with E-state index >= 15 is 0 Å². The molecule has 0 aromatic heterocycles. The molecule has 3 rings (SSSR count).